The zero-order chi connectivity index (χ0) is 20.8. The van der Waals surface area contributed by atoms with Gasteiger partial charge in [-0.25, -0.2) is 4.98 Å². The van der Waals surface area contributed by atoms with Gasteiger partial charge in [-0.1, -0.05) is 60.7 Å². The number of hydrogen-bond donors (Lipinski definition) is 1. The highest BCUT2D eigenvalue weighted by atomic mass is 32.1. The summed E-state index contributed by atoms with van der Waals surface area (Å²) in [7, 11) is 3.30. The molecular weight excluding hydrogens is 392 g/mol. The molecule has 0 radical (unpaired) electrons. The van der Waals surface area contributed by atoms with Crippen LogP contribution in [-0.2, 0) is 13.1 Å². The average Bonchev–Trinajstić information content (AvgIpc) is 3.28. The van der Waals surface area contributed by atoms with Gasteiger partial charge in [0, 0.05) is 19.3 Å². The van der Waals surface area contributed by atoms with Gasteiger partial charge in [0.05, 0.1) is 19.1 Å². The Balaban J connectivity index is 1.36. The van der Waals surface area contributed by atoms with Crippen LogP contribution in [0.1, 0.15) is 10.6 Å². The van der Waals surface area contributed by atoms with Crippen LogP contribution in [0.5, 0.6) is 11.5 Å². The fraction of sp³-hybridized carbons (Fsp3) is 0.160. The minimum absolute atomic E-state index is 0.723. The number of rotatable bonds is 8. The third-order valence-corrected chi connectivity index (χ3v) is 5.93. The Labute approximate surface area is 181 Å². The monoisotopic (exact) mass is 416 g/mol. The van der Waals surface area contributed by atoms with Crippen molar-refractivity contribution in [3.05, 3.63) is 89.6 Å². The first-order chi connectivity index (χ1) is 14.8. The van der Waals surface area contributed by atoms with Crippen LogP contribution in [0.3, 0.4) is 0 Å². The van der Waals surface area contributed by atoms with Gasteiger partial charge in [-0.3, -0.25) is 0 Å². The molecule has 0 spiro atoms. The highest BCUT2D eigenvalue weighted by Gasteiger charge is 2.07. The Kier molecular flexibility index (Phi) is 6.42. The molecule has 0 amide bonds. The summed E-state index contributed by atoms with van der Waals surface area (Å²) in [6.07, 6.45) is 1.95. The smallest absolute Gasteiger partial charge is 0.161 e. The summed E-state index contributed by atoms with van der Waals surface area (Å²) < 4.78 is 10.7. The van der Waals surface area contributed by atoms with Crippen molar-refractivity contribution in [2.24, 2.45) is 0 Å². The summed E-state index contributed by atoms with van der Waals surface area (Å²) in [6, 6.07) is 25.0. The van der Waals surface area contributed by atoms with Crippen LogP contribution in [-0.4, -0.2) is 19.2 Å². The lowest BCUT2D eigenvalue weighted by atomic mass is 10.0. The van der Waals surface area contributed by atoms with E-state index in [1.807, 2.05) is 30.5 Å². The number of thiazole rings is 1. The highest BCUT2D eigenvalue weighted by Crippen LogP contribution is 2.29. The lowest BCUT2D eigenvalue weighted by Gasteiger charge is -2.09. The number of nitrogens with one attached hydrogen (secondary N) is 1. The van der Waals surface area contributed by atoms with E-state index < -0.39 is 0 Å². The summed E-state index contributed by atoms with van der Waals surface area (Å²) >= 11 is 1.72. The molecule has 4 aromatic rings. The number of ether oxygens (including phenoxy) is 2. The van der Waals surface area contributed by atoms with Crippen molar-refractivity contribution in [1.82, 2.24) is 10.3 Å². The van der Waals surface area contributed by atoms with Crippen LogP contribution >= 0.6 is 11.3 Å². The maximum absolute atomic E-state index is 5.37. The van der Waals surface area contributed by atoms with Gasteiger partial charge in [-0.15, -0.1) is 11.3 Å². The van der Waals surface area contributed by atoms with Crippen molar-refractivity contribution in [1.29, 1.82) is 0 Å². The minimum atomic E-state index is 0.723. The van der Waals surface area contributed by atoms with Crippen molar-refractivity contribution in [3.63, 3.8) is 0 Å². The molecule has 0 fully saturated rings. The summed E-state index contributed by atoms with van der Waals surface area (Å²) in [5.41, 5.74) is 4.79. The summed E-state index contributed by atoms with van der Waals surface area (Å²) in [4.78, 5) is 5.76. The molecule has 30 heavy (non-hydrogen) atoms. The average molecular weight is 417 g/mol. The van der Waals surface area contributed by atoms with Crippen molar-refractivity contribution < 1.29 is 9.47 Å². The molecule has 0 bridgehead atoms. The Morgan fingerprint density at radius 3 is 2.20 bits per heavy atom. The largest absolute Gasteiger partial charge is 0.493 e. The molecule has 4 nitrogen and oxygen atoms in total. The molecule has 0 atom stereocenters. The quantitative estimate of drug-likeness (QED) is 0.395. The molecule has 1 N–H and O–H groups in total. The minimum Gasteiger partial charge on any atom is -0.493 e. The molecule has 0 aliphatic heterocycles. The number of methoxy groups -OCH3 is 2. The molecule has 4 rings (SSSR count). The zero-order valence-electron chi connectivity index (χ0n) is 17.1. The number of benzene rings is 3. The lowest BCUT2D eigenvalue weighted by molar-refractivity contribution is 0.354. The topological polar surface area (TPSA) is 43.4 Å². The molecule has 1 heterocycles. The molecule has 0 aliphatic carbocycles. The maximum Gasteiger partial charge on any atom is 0.161 e. The van der Waals surface area contributed by atoms with Crippen LogP contribution in [0, 0.1) is 0 Å². The first-order valence-electron chi connectivity index (χ1n) is 9.79. The summed E-state index contributed by atoms with van der Waals surface area (Å²) in [6.45, 7) is 1.46. The van der Waals surface area contributed by atoms with Crippen molar-refractivity contribution >= 4 is 11.3 Å². The van der Waals surface area contributed by atoms with Crippen LogP contribution in [0.4, 0.5) is 0 Å². The summed E-state index contributed by atoms with van der Waals surface area (Å²) in [5.74, 6) is 1.48. The third-order valence-electron chi connectivity index (χ3n) is 4.88. The lowest BCUT2D eigenvalue weighted by Crippen LogP contribution is -2.12. The predicted octanol–water partition coefficient (Wildman–Crippen LogP) is 5.78. The van der Waals surface area contributed by atoms with Crippen LogP contribution in [0.25, 0.3) is 21.6 Å². The normalized spacial score (nSPS) is 10.7. The van der Waals surface area contributed by atoms with Gasteiger partial charge in [0.1, 0.15) is 5.01 Å². The van der Waals surface area contributed by atoms with E-state index in [0.717, 1.165) is 35.2 Å². The first kappa shape index (κ1) is 20.1. The molecule has 0 saturated carbocycles. The van der Waals surface area contributed by atoms with Crippen LogP contribution < -0.4 is 14.8 Å². The van der Waals surface area contributed by atoms with Crippen molar-refractivity contribution in [3.8, 4) is 33.1 Å². The van der Waals surface area contributed by atoms with E-state index in [2.05, 4.69) is 58.8 Å². The van der Waals surface area contributed by atoms with Crippen molar-refractivity contribution in [2.45, 2.75) is 13.1 Å². The molecule has 5 heteroatoms. The zero-order valence-corrected chi connectivity index (χ0v) is 17.9. The van der Waals surface area contributed by atoms with E-state index in [-0.39, 0.29) is 0 Å². The number of aromatic nitrogens is 1. The fourth-order valence-corrected chi connectivity index (χ4v) is 4.18. The van der Waals surface area contributed by atoms with Gasteiger partial charge >= 0.3 is 0 Å². The van der Waals surface area contributed by atoms with E-state index in [0.29, 0.717) is 0 Å². The number of nitrogens with zero attached hydrogens (tertiary/aromatic N) is 1. The van der Waals surface area contributed by atoms with Gasteiger partial charge < -0.3 is 14.8 Å². The Bertz CT molecular complexity index is 1090. The Hall–Kier alpha value is -3.15. The third kappa shape index (κ3) is 4.70. The van der Waals surface area contributed by atoms with Crippen molar-refractivity contribution in [2.75, 3.05) is 14.2 Å². The molecule has 152 valence electrons. The van der Waals surface area contributed by atoms with Gasteiger partial charge in [0.15, 0.2) is 11.5 Å². The highest BCUT2D eigenvalue weighted by molar-refractivity contribution is 7.15. The second kappa shape index (κ2) is 9.57. The Morgan fingerprint density at radius 1 is 0.767 bits per heavy atom. The SMILES string of the molecule is COc1ccc(CNCc2ncc(-c3ccc(-c4ccccc4)cc3)s2)cc1OC. The maximum atomic E-state index is 5.37. The van der Waals surface area contributed by atoms with E-state index in [1.165, 1.54) is 21.6 Å². The van der Waals surface area contributed by atoms with E-state index in [1.54, 1.807) is 25.6 Å². The summed E-state index contributed by atoms with van der Waals surface area (Å²) in [5, 5.41) is 4.52. The van der Waals surface area contributed by atoms with E-state index in [9.17, 15) is 0 Å². The second-order valence-electron chi connectivity index (χ2n) is 6.85. The number of hydrogen-bond acceptors (Lipinski definition) is 5. The first-order valence-corrected chi connectivity index (χ1v) is 10.6. The van der Waals surface area contributed by atoms with Crippen LogP contribution in [0.2, 0.25) is 0 Å². The molecule has 0 saturated heterocycles. The molecule has 0 aliphatic rings. The fourth-order valence-electron chi connectivity index (χ4n) is 3.29. The molecule has 3 aromatic carbocycles. The Morgan fingerprint density at radius 2 is 1.47 bits per heavy atom. The molecule has 0 unspecified atom stereocenters. The van der Waals surface area contributed by atoms with Gasteiger partial charge in [-0.05, 0) is 34.4 Å². The second-order valence-corrected chi connectivity index (χ2v) is 7.97. The van der Waals surface area contributed by atoms with E-state index in [4.69, 9.17) is 9.47 Å². The molecular formula is C25H24N2O2S. The molecule has 1 aromatic heterocycles. The van der Waals surface area contributed by atoms with Crippen LogP contribution in [0.15, 0.2) is 79.0 Å². The predicted molar refractivity (Wildman–Crippen MR) is 123 cm³/mol. The van der Waals surface area contributed by atoms with Gasteiger partial charge in [0.2, 0.25) is 0 Å². The van der Waals surface area contributed by atoms with E-state index >= 15 is 0 Å². The van der Waals surface area contributed by atoms with Gasteiger partial charge in [0.25, 0.3) is 0 Å². The standard InChI is InChI=1S/C25H24N2O2S/c1-28-22-13-8-18(14-23(22)29-2)15-26-17-25-27-16-24(30-25)21-11-9-20(10-12-21)19-6-4-3-5-7-19/h3-14,16,26H,15,17H2,1-2H3. The van der Waals surface area contributed by atoms with Gasteiger partial charge in [-0.2, -0.15) is 0 Å².